The Morgan fingerprint density at radius 2 is 2.50 bits per heavy atom. The number of rotatable bonds is 4. The van der Waals surface area contributed by atoms with E-state index in [-0.39, 0.29) is 0 Å². The molecule has 0 atom stereocenters. The van der Waals surface area contributed by atoms with Gasteiger partial charge in [-0.25, -0.2) is 0 Å². The molecule has 0 unspecified atom stereocenters. The van der Waals surface area contributed by atoms with Crippen LogP contribution in [-0.2, 0) is 6.42 Å². The van der Waals surface area contributed by atoms with E-state index in [1.807, 2.05) is 0 Å². The van der Waals surface area contributed by atoms with Crippen LogP contribution in [0.25, 0.3) is 0 Å². The van der Waals surface area contributed by atoms with Crippen LogP contribution in [0.15, 0.2) is 17.5 Å². The first-order chi connectivity index (χ1) is 4.93. The number of thiophene rings is 1. The summed E-state index contributed by atoms with van der Waals surface area (Å²) in [4.78, 5) is 1.41. The normalized spacial score (nSPS) is 10.1. The van der Waals surface area contributed by atoms with Crippen LogP contribution < -0.4 is 5.32 Å². The molecule has 1 aromatic heterocycles. The SMILES string of the molecule is ClCNCCc1cccs1. The molecule has 0 saturated heterocycles. The minimum absolute atomic E-state index is 0.547. The second-order valence-electron chi connectivity index (χ2n) is 1.96. The summed E-state index contributed by atoms with van der Waals surface area (Å²) in [5.74, 6) is 0. The molecule has 0 radical (unpaired) electrons. The van der Waals surface area contributed by atoms with Gasteiger partial charge in [0.05, 0.1) is 6.00 Å². The van der Waals surface area contributed by atoms with Gasteiger partial charge in [0.1, 0.15) is 0 Å². The third-order valence-electron chi connectivity index (χ3n) is 1.22. The maximum atomic E-state index is 5.43. The zero-order chi connectivity index (χ0) is 7.23. The van der Waals surface area contributed by atoms with E-state index in [0.717, 1.165) is 13.0 Å². The molecule has 0 aliphatic carbocycles. The van der Waals surface area contributed by atoms with Crippen LogP contribution in [0.4, 0.5) is 0 Å². The Bertz CT molecular complexity index is 162. The lowest BCUT2D eigenvalue weighted by Gasteiger charge is -1.95. The summed E-state index contributed by atoms with van der Waals surface area (Å²) >= 11 is 7.22. The van der Waals surface area contributed by atoms with Crippen LogP contribution in [-0.4, -0.2) is 12.5 Å². The fourth-order valence-electron chi connectivity index (χ4n) is 0.733. The van der Waals surface area contributed by atoms with Gasteiger partial charge in [0, 0.05) is 11.4 Å². The maximum Gasteiger partial charge on any atom is 0.0713 e. The van der Waals surface area contributed by atoms with Crippen molar-refractivity contribution in [1.82, 2.24) is 5.32 Å². The number of nitrogens with one attached hydrogen (secondary N) is 1. The van der Waals surface area contributed by atoms with Crippen molar-refractivity contribution in [3.63, 3.8) is 0 Å². The molecule has 0 amide bonds. The predicted molar refractivity (Wildman–Crippen MR) is 46.7 cm³/mol. The first-order valence-corrected chi connectivity index (χ1v) is 4.64. The quantitative estimate of drug-likeness (QED) is 0.420. The van der Waals surface area contributed by atoms with Gasteiger partial charge in [0.2, 0.25) is 0 Å². The van der Waals surface area contributed by atoms with Crippen LogP contribution in [0.1, 0.15) is 4.88 Å². The van der Waals surface area contributed by atoms with Crippen molar-refractivity contribution in [2.45, 2.75) is 6.42 Å². The van der Waals surface area contributed by atoms with Gasteiger partial charge in [-0.15, -0.1) is 22.9 Å². The third-order valence-corrected chi connectivity index (χ3v) is 2.35. The van der Waals surface area contributed by atoms with E-state index in [2.05, 4.69) is 22.8 Å². The first kappa shape index (κ1) is 8.05. The lowest BCUT2D eigenvalue weighted by Crippen LogP contribution is -2.13. The second-order valence-corrected chi connectivity index (χ2v) is 3.26. The van der Waals surface area contributed by atoms with Gasteiger partial charge >= 0.3 is 0 Å². The Labute approximate surface area is 70.0 Å². The van der Waals surface area contributed by atoms with Gasteiger partial charge in [0.15, 0.2) is 0 Å². The molecule has 0 aromatic carbocycles. The summed E-state index contributed by atoms with van der Waals surface area (Å²) in [5, 5.41) is 5.15. The Morgan fingerprint density at radius 3 is 3.10 bits per heavy atom. The molecule has 1 N–H and O–H groups in total. The molecule has 1 heterocycles. The highest BCUT2D eigenvalue weighted by atomic mass is 35.5. The van der Waals surface area contributed by atoms with E-state index in [1.165, 1.54) is 4.88 Å². The minimum atomic E-state index is 0.547. The molecule has 0 saturated carbocycles. The summed E-state index contributed by atoms with van der Waals surface area (Å²) in [5.41, 5.74) is 0. The highest BCUT2D eigenvalue weighted by Gasteiger charge is 1.90. The van der Waals surface area contributed by atoms with Crippen LogP contribution in [0.5, 0.6) is 0 Å². The number of alkyl halides is 1. The number of hydrogen-bond donors (Lipinski definition) is 1. The smallest absolute Gasteiger partial charge is 0.0713 e. The molecule has 10 heavy (non-hydrogen) atoms. The van der Waals surface area contributed by atoms with Crippen LogP contribution >= 0.6 is 22.9 Å². The van der Waals surface area contributed by atoms with E-state index in [1.54, 1.807) is 11.3 Å². The van der Waals surface area contributed by atoms with Crippen molar-refractivity contribution >= 4 is 22.9 Å². The average Bonchev–Trinajstić information content (AvgIpc) is 2.41. The summed E-state index contributed by atoms with van der Waals surface area (Å²) < 4.78 is 0. The molecule has 1 rings (SSSR count). The monoisotopic (exact) mass is 175 g/mol. The number of halogens is 1. The average molecular weight is 176 g/mol. The van der Waals surface area contributed by atoms with Gasteiger partial charge in [-0.2, -0.15) is 0 Å². The summed E-state index contributed by atoms with van der Waals surface area (Å²) in [7, 11) is 0. The fourth-order valence-corrected chi connectivity index (χ4v) is 1.58. The topological polar surface area (TPSA) is 12.0 Å². The van der Waals surface area contributed by atoms with Crippen molar-refractivity contribution in [3.05, 3.63) is 22.4 Å². The Hall–Kier alpha value is -0.0500. The molecule has 0 aliphatic heterocycles. The Morgan fingerprint density at radius 1 is 1.60 bits per heavy atom. The highest BCUT2D eigenvalue weighted by molar-refractivity contribution is 7.09. The van der Waals surface area contributed by atoms with Crippen molar-refractivity contribution in [2.24, 2.45) is 0 Å². The molecule has 0 spiro atoms. The predicted octanol–water partition coefficient (Wildman–Crippen LogP) is 2.08. The van der Waals surface area contributed by atoms with Gasteiger partial charge in [-0.05, 0) is 17.9 Å². The number of hydrogen-bond acceptors (Lipinski definition) is 2. The molecular formula is C7H10ClNS. The third kappa shape index (κ3) is 2.69. The lowest BCUT2D eigenvalue weighted by atomic mass is 10.3. The molecule has 0 aliphatic rings. The van der Waals surface area contributed by atoms with Crippen molar-refractivity contribution in [1.29, 1.82) is 0 Å². The molecular weight excluding hydrogens is 166 g/mol. The van der Waals surface area contributed by atoms with E-state index >= 15 is 0 Å². The minimum Gasteiger partial charge on any atom is -0.304 e. The summed E-state index contributed by atoms with van der Waals surface area (Å²) in [6.45, 7) is 0.976. The molecule has 0 bridgehead atoms. The van der Waals surface area contributed by atoms with Gasteiger partial charge in [-0.3, -0.25) is 0 Å². The first-order valence-electron chi connectivity index (χ1n) is 3.22. The van der Waals surface area contributed by atoms with Gasteiger partial charge in [-0.1, -0.05) is 6.07 Å². The molecule has 1 nitrogen and oxygen atoms in total. The summed E-state index contributed by atoms with van der Waals surface area (Å²) in [6.07, 6.45) is 1.09. The van der Waals surface area contributed by atoms with Crippen LogP contribution in [0.2, 0.25) is 0 Å². The highest BCUT2D eigenvalue weighted by Crippen LogP contribution is 2.07. The van der Waals surface area contributed by atoms with Gasteiger partial charge < -0.3 is 5.32 Å². The summed E-state index contributed by atoms with van der Waals surface area (Å²) in [6, 6.07) is 4.76. The van der Waals surface area contributed by atoms with E-state index < -0.39 is 0 Å². The lowest BCUT2D eigenvalue weighted by molar-refractivity contribution is 0.777. The van der Waals surface area contributed by atoms with Gasteiger partial charge in [0.25, 0.3) is 0 Å². The van der Waals surface area contributed by atoms with Crippen molar-refractivity contribution < 1.29 is 0 Å². The van der Waals surface area contributed by atoms with E-state index in [4.69, 9.17) is 11.6 Å². The van der Waals surface area contributed by atoms with E-state index in [9.17, 15) is 0 Å². The Kier molecular flexibility index (Phi) is 3.80. The van der Waals surface area contributed by atoms with Crippen LogP contribution in [0.3, 0.4) is 0 Å². The van der Waals surface area contributed by atoms with Crippen molar-refractivity contribution in [2.75, 3.05) is 12.5 Å². The van der Waals surface area contributed by atoms with Crippen molar-refractivity contribution in [3.8, 4) is 0 Å². The fraction of sp³-hybridized carbons (Fsp3) is 0.429. The second kappa shape index (κ2) is 4.72. The standard InChI is InChI=1S/C7H10ClNS/c8-6-9-4-3-7-2-1-5-10-7/h1-2,5,9H,3-4,6H2. The zero-order valence-corrected chi connectivity index (χ0v) is 7.21. The maximum absolute atomic E-state index is 5.43. The molecule has 56 valence electrons. The molecule has 0 fully saturated rings. The van der Waals surface area contributed by atoms with E-state index in [0.29, 0.717) is 6.00 Å². The molecule has 1 aromatic rings. The molecule has 3 heteroatoms. The largest absolute Gasteiger partial charge is 0.304 e. The Balaban J connectivity index is 2.15. The van der Waals surface area contributed by atoms with Crippen LogP contribution in [0, 0.1) is 0 Å². The zero-order valence-electron chi connectivity index (χ0n) is 5.64.